The van der Waals surface area contributed by atoms with E-state index in [9.17, 15) is 4.79 Å². The lowest BCUT2D eigenvalue weighted by Crippen LogP contribution is -2.42. The average Bonchev–Trinajstić information content (AvgIpc) is 2.40. The van der Waals surface area contributed by atoms with Gasteiger partial charge in [-0.2, -0.15) is 0 Å². The summed E-state index contributed by atoms with van der Waals surface area (Å²) < 4.78 is 5.18. The number of hydrogen-bond acceptors (Lipinski definition) is 3. The molecule has 0 aromatic heterocycles. The summed E-state index contributed by atoms with van der Waals surface area (Å²) in [5.74, 6) is 0.423. The van der Waals surface area contributed by atoms with E-state index in [2.05, 4.69) is 10.6 Å². The Hall–Kier alpha value is -1.26. The second kappa shape index (κ2) is 6.07. The molecule has 1 aromatic carbocycles. The van der Waals surface area contributed by atoms with Crippen molar-refractivity contribution in [2.75, 3.05) is 20.2 Å². The highest BCUT2D eigenvalue weighted by Gasteiger charge is 2.19. The first-order valence-corrected chi connectivity index (χ1v) is 6.43. The van der Waals surface area contributed by atoms with Crippen molar-refractivity contribution in [1.29, 1.82) is 0 Å². The number of benzene rings is 1. The molecule has 1 aliphatic heterocycles. The molecule has 2 N–H and O–H groups in total. The van der Waals surface area contributed by atoms with E-state index >= 15 is 0 Å². The number of piperidine rings is 1. The smallest absolute Gasteiger partial charge is 0.255 e. The van der Waals surface area contributed by atoms with E-state index in [1.165, 1.54) is 0 Å². The fourth-order valence-electron chi connectivity index (χ4n) is 2.09. The fraction of sp³-hybridized carbons (Fsp3) is 0.462. The molecule has 1 fully saturated rings. The maximum Gasteiger partial charge on any atom is 0.255 e. The molecular weight excluding hydrogens is 252 g/mol. The minimum Gasteiger partial charge on any atom is -0.496 e. The fourth-order valence-corrected chi connectivity index (χ4v) is 2.26. The molecule has 0 spiro atoms. The van der Waals surface area contributed by atoms with Crippen LogP contribution in [0.15, 0.2) is 18.2 Å². The molecule has 0 atom stereocenters. The Kier molecular flexibility index (Phi) is 4.44. The Morgan fingerprint density at radius 2 is 2.17 bits per heavy atom. The molecule has 0 aliphatic carbocycles. The predicted octanol–water partition coefficient (Wildman–Crippen LogP) is 1.83. The second-order valence-corrected chi connectivity index (χ2v) is 4.78. The van der Waals surface area contributed by atoms with Gasteiger partial charge in [-0.3, -0.25) is 4.79 Å². The van der Waals surface area contributed by atoms with Crippen LogP contribution in [0.25, 0.3) is 0 Å². The van der Waals surface area contributed by atoms with Crippen molar-refractivity contribution in [3.05, 3.63) is 28.8 Å². The summed E-state index contributed by atoms with van der Waals surface area (Å²) in [6.07, 6.45) is 1.91. The molecule has 1 saturated heterocycles. The van der Waals surface area contributed by atoms with Gasteiger partial charge in [-0.1, -0.05) is 11.6 Å². The number of methoxy groups -OCH3 is 1. The second-order valence-electron chi connectivity index (χ2n) is 4.34. The first-order valence-electron chi connectivity index (χ1n) is 6.06. The van der Waals surface area contributed by atoms with Gasteiger partial charge in [0.2, 0.25) is 0 Å². The summed E-state index contributed by atoms with van der Waals surface area (Å²) in [6, 6.07) is 5.28. The van der Waals surface area contributed by atoms with E-state index in [0.29, 0.717) is 16.3 Å². The molecule has 0 bridgehead atoms. The van der Waals surface area contributed by atoms with E-state index in [1.807, 2.05) is 0 Å². The summed E-state index contributed by atoms with van der Waals surface area (Å²) in [5.41, 5.74) is 0.489. The highest BCUT2D eigenvalue weighted by molar-refractivity contribution is 6.31. The Morgan fingerprint density at radius 1 is 1.44 bits per heavy atom. The van der Waals surface area contributed by atoms with Gasteiger partial charge < -0.3 is 15.4 Å². The Balaban J connectivity index is 2.09. The minimum absolute atomic E-state index is 0.124. The molecule has 18 heavy (non-hydrogen) atoms. The summed E-state index contributed by atoms with van der Waals surface area (Å²) >= 11 is 5.92. The number of hydrogen-bond donors (Lipinski definition) is 2. The zero-order valence-electron chi connectivity index (χ0n) is 10.3. The van der Waals surface area contributed by atoms with Crippen LogP contribution in [0.2, 0.25) is 5.02 Å². The van der Waals surface area contributed by atoms with Crippen molar-refractivity contribution in [2.24, 2.45) is 0 Å². The topological polar surface area (TPSA) is 50.4 Å². The van der Waals surface area contributed by atoms with E-state index in [-0.39, 0.29) is 11.9 Å². The molecule has 1 aliphatic rings. The van der Waals surface area contributed by atoms with Gasteiger partial charge in [0.25, 0.3) is 5.91 Å². The van der Waals surface area contributed by atoms with E-state index in [0.717, 1.165) is 25.9 Å². The van der Waals surface area contributed by atoms with Gasteiger partial charge in [0.15, 0.2) is 0 Å². The van der Waals surface area contributed by atoms with E-state index < -0.39 is 0 Å². The molecule has 5 heteroatoms. The molecule has 1 heterocycles. The van der Waals surface area contributed by atoms with Crippen molar-refractivity contribution < 1.29 is 9.53 Å². The first-order chi connectivity index (χ1) is 8.70. The summed E-state index contributed by atoms with van der Waals surface area (Å²) in [4.78, 5) is 12.2. The molecule has 0 saturated carbocycles. The number of amides is 1. The first kappa shape index (κ1) is 13.2. The van der Waals surface area contributed by atoms with Crippen molar-refractivity contribution in [2.45, 2.75) is 18.9 Å². The van der Waals surface area contributed by atoms with Crippen molar-refractivity contribution >= 4 is 17.5 Å². The van der Waals surface area contributed by atoms with Gasteiger partial charge in [0.1, 0.15) is 5.75 Å². The largest absolute Gasteiger partial charge is 0.496 e. The molecule has 98 valence electrons. The van der Waals surface area contributed by atoms with Gasteiger partial charge in [0.05, 0.1) is 12.7 Å². The lowest BCUT2D eigenvalue weighted by atomic mass is 10.1. The molecular formula is C13H17ClN2O2. The Morgan fingerprint density at radius 3 is 2.83 bits per heavy atom. The third-order valence-corrected chi connectivity index (χ3v) is 3.32. The van der Waals surface area contributed by atoms with Crippen LogP contribution >= 0.6 is 11.6 Å². The van der Waals surface area contributed by atoms with Crippen LogP contribution in [0.1, 0.15) is 23.2 Å². The van der Waals surface area contributed by atoms with E-state index in [1.54, 1.807) is 25.3 Å². The minimum atomic E-state index is -0.124. The molecule has 4 nitrogen and oxygen atoms in total. The zero-order valence-corrected chi connectivity index (χ0v) is 11.1. The molecule has 0 radical (unpaired) electrons. The lowest BCUT2D eigenvalue weighted by Gasteiger charge is -2.24. The van der Waals surface area contributed by atoms with Crippen LogP contribution in [0.5, 0.6) is 5.75 Å². The summed E-state index contributed by atoms with van der Waals surface area (Å²) in [6.45, 7) is 1.88. The van der Waals surface area contributed by atoms with Crippen LogP contribution in [-0.4, -0.2) is 32.1 Å². The zero-order chi connectivity index (χ0) is 13.0. The van der Waals surface area contributed by atoms with Gasteiger partial charge in [-0.15, -0.1) is 0 Å². The molecule has 0 unspecified atom stereocenters. The number of carbonyl (C=O) groups is 1. The number of ether oxygens (including phenoxy) is 1. The van der Waals surface area contributed by atoms with E-state index in [4.69, 9.17) is 16.3 Å². The summed E-state index contributed by atoms with van der Waals surface area (Å²) in [5, 5.41) is 6.82. The third kappa shape index (κ3) is 3.15. The van der Waals surface area contributed by atoms with Crippen LogP contribution in [-0.2, 0) is 0 Å². The summed E-state index contributed by atoms with van der Waals surface area (Å²) in [7, 11) is 1.55. The quantitative estimate of drug-likeness (QED) is 0.879. The van der Waals surface area contributed by atoms with Crippen molar-refractivity contribution in [3.8, 4) is 5.75 Å². The van der Waals surface area contributed by atoms with Crippen LogP contribution < -0.4 is 15.4 Å². The Labute approximate surface area is 112 Å². The molecule has 1 aromatic rings. The maximum atomic E-state index is 12.2. The third-order valence-electron chi connectivity index (χ3n) is 3.08. The highest BCUT2D eigenvalue weighted by atomic mass is 35.5. The van der Waals surface area contributed by atoms with Gasteiger partial charge in [-0.25, -0.2) is 0 Å². The van der Waals surface area contributed by atoms with Crippen LogP contribution in [0, 0.1) is 0 Å². The van der Waals surface area contributed by atoms with Crippen molar-refractivity contribution in [3.63, 3.8) is 0 Å². The van der Waals surface area contributed by atoms with Crippen LogP contribution in [0.3, 0.4) is 0 Å². The standard InChI is InChI=1S/C13H17ClN2O2/c1-18-12-3-2-9(14)8-11(12)13(17)16-10-4-6-15-7-5-10/h2-3,8,10,15H,4-7H2,1H3,(H,16,17). The molecule has 1 amide bonds. The average molecular weight is 269 g/mol. The molecule has 2 rings (SSSR count). The number of rotatable bonds is 3. The normalized spacial score (nSPS) is 16.3. The van der Waals surface area contributed by atoms with Crippen molar-refractivity contribution in [1.82, 2.24) is 10.6 Å². The van der Waals surface area contributed by atoms with Gasteiger partial charge in [-0.05, 0) is 44.1 Å². The van der Waals surface area contributed by atoms with Gasteiger partial charge in [0, 0.05) is 11.1 Å². The van der Waals surface area contributed by atoms with Crippen LogP contribution in [0.4, 0.5) is 0 Å². The SMILES string of the molecule is COc1ccc(Cl)cc1C(=O)NC1CCNCC1. The maximum absolute atomic E-state index is 12.2. The van der Waals surface area contributed by atoms with Gasteiger partial charge >= 0.3 is 0 Å². The monoisotopic (exact) mass is 268 g/mol. The number of halogens is 1. The predicted molar refractivity (Wildman–Crippen MR) is 71.4 cm³/mol. The highest BCUT2D eigenvalue weighted by Crippen LogP contribution is 2.22. The number of carbonyl (C=O) groups excluding carboxylic acids is 1. The Bertz CT molecular complexity index is 431. The lowest BCUT2D eigenvalue weighted by molar-refractivity contribution is 0.0926. The number of nitrogens with one attached hydrogen (secondary N) is 2.